The van der Waals surface area contributed by atoms with Crippen LogP contribution in [-0.4, -0.2) is 23.9 Å². The number of sulfonamides is 1. The van der Waals surface area contributed by atoms with E-state index >= 15 is 0 Å². The molecule has 8 heteroatoms. The van der Waals surface area contributed by atoms with Crippen LogP contribution < -0.4 is 10.9 Å². The molecule has 1 aromatic heterocycles. The van der Waals surface area contributed by atoms with E-state index in [-0.39, 0.29) is 17.4 Å². The third-order valence-corrected chi connectivity index (χ3v) is 3.34. The zero-order chi connectivity index (χ0) is 14.0. The molecular formula is C11H12N4O3S. The molecule has 2 aromatic rings. The maximum absolute atomic E-state index is 11.4. The van der Waals surface area contributed by atoms with Crippen molar-refractivity contribution in [3.05, 3.63) is 47.8 Å². The zero-order valence-electron chi connectivity index (χ0n) is 9.85. The van der Waals surface area contributed by atoms with E-state index in [4.69, 9.17) is 10.9 Å². The topological polar surface area (TPSA) is 121 Å². The minimum absolute atomic E-state index is 0.00659. The summed E-state index contributed by atoms with van der Waals surface area (Å²) in [7, 11) is -4.02. The molecule has 0 saturated carbocycles. The fourth-order valence-corrected chi connectivity index (χ4v) is 2.37. The summed E-state index contributed by atoms with van der Waals surface area (Å²) in [5.74, 6) is -0.765. The Bertz CT molecular complexity index is 707. The van der Waals surface area contributed by atoms with E-state index in [1.807, 2.05) is 6.07 Å². The van der Waals surface area contributed by atoms with Crippen LogP contribution in [0.1, 0.15) is 16.1 Å². The van der Waals surface area contributed by atoms with Crippen LogP contribution in [0.25, 0.3) is 0 Å². The average Bonchev–Trinajstić information content (AvgIpc) is 2.74. The normalized spacial score (nSPS) is 11.4. The van der Waals surface area contributed by atoms with Crippen molar-refractivity contribution in [3.8, 4) is 0 Å². The first kappa shape index (κ1) is 13.2. The zero-order valence-corrected chi connectivity index (χ0v) is 10.7. The van der Waals surface area contributed by atoms with E-state index < -0.39 is 15.9 Å². The van der Waals surface area contributed by atoms with Gasteiger partial charge in [-0.2, -0.15) is 0 Å². The van der Waals surface area contributed by atoms with Crippen molar-refractivity contribution in [1.82, 2.24) is 9.55 Å². The number of nitrogens with two attached hydrogens (primary N) is 2. The van der Waals surface area contributed by atoms with Gasteiger partial charge in [0, 0.05) is 0 Å². The Hall–Kier alpha value is -2.19. The summed E-state index contributed by atoms with van der Waals surface area (Å²) < 4.78 is 24.0. The lowest BCUT2D eigenvalue weighted by Crippen LogP contribution is -2.23. The van der Waals surface area contributed by atoms with Crippen LogP contribution in [0.5, 0.6) is 0 Å². The standard InChI is InChI=1S/C11H12N4O3S/c12-10(16)9-6-14-11(19(13,17)18)15(9)7-8-4-2-1-3-5-8/h1-6H,7H2,(H2,12,16)(H2,13,17,18). The largest absolute Gasteiger partial charge is 0.364 e. The first-order valence-electron chi connectivity index (χ1n) is 5.31. The molecule has 4 N–H and O–H groups in total. The van der Waals surface area contributed by atoms with Gasteiger partial charge in [-0.05, 0) is 5.56 Å². The number of carbonyl (C=O) groups is 1. The molecule has 0 atom stereocenters. The molecule has 19 heavy (non-hydrogen) atoms. The van der Waals surface area contributed by atoms with Crippen LogP contribution in [0.2, 0.25) is 0 Å². The summed E-state index contributed by atoms with van der Waals surface area (Å²) in [4.78, 5) is 14.9. The van der Waals surface area contributed by atoms with Gasteiger partial charge < -0.3 is 10.3 Å². The van der Waals surface area contributed by atoms with Crippen molar-refractivity contribution >= 4 is 15.9 Å². The Morgan fingerprint density at radius 2 is 1.89 bits per heavy atom. The van der Waals surface area contributed by atoms with Gasteiger partial charge in [0.2, 0.25) is 5.16 Å². The summed E-state index contributed by atoms with van der Waals surface area (Å²) in [6, 6.07) is 9.00. The molecule has 0 aliphatic rings. The second-order valence-corrected chi connectivity index (χ2v) is 5.36. The van der Waals surface area contributed by atoms with Crippen molar-refractivity contribution in [2.24, 2.45) is 10.9 Å². The molecule has 7 nitrogen and oxygen atoms in total. The number of amides is 1. The van der Waals surface area contributed by atoms with E-state index in [1.54, 1.807) is 24.3 Å². The molecule has 1 aromatic carbocycles. The van der Waals surface area contributed by atoms with E-state index in [0.29, 0.717) is 0 Å². The molecule has 0 saturated heterocycles. The predicted octanol–water partition coefficient (Wildman–Crippen LogP) is -0.322. The molecule has 0 aliphatic heterocycles. The van der Waals surface area contributed by atoms with Crippen molar-refractivity contribution in [3.63, 3.8) is 0 Å². The number of carbonyl (C=O) groups excluding carboxylic acids is 1. The van der Waals surface area contributed by atoms with Crippen LogP contribution in [0.4, 0.5) is 0 Å². The summed E-state index contributed by atoms with van der Waals surface area (Å²) in [6.45, 7) is 0.144. The van der Waals surface area contributed by atoms with Crippen molar-refractivity contribution in [2.75, 3.05) is 0 Å². The smallest absolute Gasteiger partial charge is 0.272 e. The lowest BCUT2D eigenvalue weighted by atomic mass is 10.2. The van der Waals surface area contributed by atoms with Gasteiger partial charge in [0.25, 0.3) is 15.9 Å². The highest BCUT2D eigenvalue weighted by atomic mass is 32.2. The van der Waals surface area contributed by atoms with E-state index in [1.165, 1.54) is 4.57 Å². The molecule has 0 unspecified atom stereocenters. The van der Waals surface area contributed by atoms with Gasteiger partial charge in [0.1, 0.15) is 5.69 Å². The minimum Gasteiger partial charge on any atom is -0.364 e. The van der Waals surface area contributed by atoms with E-state index in [0.717, 1.165) is 11.8 Å². The van der Waals surface area contributed by atoms with Gasteiger partial charge in [0.15, 0.2) is 0 Å². The summed E-state index contributed by atoms with van der Waals surface area (Å²) in [5, 5.41) is 4.68. The molecular weight excluding hydrogens is 268 g/mol. The SMILES string of the molecule is NC(=O)c1cnc(S(N)(=O)=O)n1Cc1ccccc1. The maximum Gasteiger partial charge on any atom is 0.272 e. The van der Waals surface area contributed by atoms with E-state index in [2.05, 4.69) is 4.98 Å². The molecule has 100 valence electrons. The fourth-order valence-electron chi connectivity index (χ4n) is 1.70. The molecule has 0 bridgehead atoms. The monoisotopic (exact) mass is 280 g/mol. The lowest BCUT2D eigenvalue weighted by Gasteiger charge is -2.09. The summed E-state index contributed by atoms with van der Waals surface area (Å²) in [5.41, 5.74) is 5.98. The quantitative estimate of drug-likeness (QED) is 0.796. The van der Waals surface area contributed by atoms with Gasteiger partial charge in [0.05, 0.1) is 12.7 Å². The van der Waals surface area contributed by atoms with Crippen molar-refractivity contribution in [1.29, 1.82) is 0 Å². The molecule has 0 aliphatic carbocycles. The molecule has 1 heterocycles. The Labute approximate surface area is 109 Å². The lowest BCUT2D eigenvalue weighted by molar-refractivity contribution is 0.0991. The number of nitrogens with zero attached hydrogens (tertiary/aromatic N) is 2. The number of imidazole rings is 1. The number of hydrogen-bond donors (Lipinski definition) is 2. The Balaban J connectivity index is 2.53. The molecule has 0 spiro atoms. The maximum atomic E-state index is 11.4. The molecule has 0 radical (unpaired) electrons. The Morgan fingerprint density at radius 1 is 1.26 bits per heavy atom. The third-order valence-electron chi connectivity index (χ3n) is 2.51. The second kappa shape index (κ2) is 4.82. The van der Waals surface area contributed by atoms with Crippen LogP contribution in [0.15, 0.2) is 41.7 Å². The predicted molar refractivity (Wildman–Crippen MR) is 67.7 cm³/mol. The fraction of sp³-hybridized carbons (Fsp3) is 0.0909. The van der Waals surface area contributed by atoms with Gasteiger partial charge in [-0.3, -0.25) is 4.79 Å². The molecule has 0 fully saturated rings. The number of rotatable bonds is 4. The number of primary sulfonamides is 1. The number of aromatic nitrogens is 2. The summed E-state index contributed by atoms with van der Waals surface area (Å²) >= 11 is 0. The second-order valence-electron chi connectivity index (χ2n) is 3.91. The highest BCUT2D eigenvalue weighted by molar-refractivity contribution is 7.89. The highest BCUT2D eigenvalue weighted by Gasteiger charge is 2.21. The van der Waals surface area contributed by atoms with Crippen molar-refractivity contribution < 1.29 is 13.2 Å². The first-order valence-corrected chi connectivity index (χ1v) is 6.86. The van der Waals surface area contributed by atoms with Gasteiger partial charge in [-0.25, -0.2) is 18.5 Å². The van der Waals surface area contributed by atoms with Gasteiger partial charge in [-0.1, -0.05) is 30.3 Å². The van der Waals surface area contributed by atoms with Crippen LogP contribution in [-0.2, 0) is 16.6 Å². The van der Waals surface area contributed by atoms with Crippen LogP contribution in [0, 0.1) is 0 Å². The Morgan fingerprint density at radius 3 is 2.42 bits per heavy atom. The average molecular weight is 280 g/mol. The number of primary amides is 1. The molecule has 2 rings (SSSR count). The van der Waals surface area contributed by atoms with Crippen LogP contribution in [0.3, 0.4) is 0 Å². The highest BCUT2D eigenvalue weighted by Crippen LogP contribution is 2.13. The summed E-state index contributed by atoms with van der Waals surface area (Å²) in [6.07, 6.45) is 1.10. The minimum atomic E-state index is -4.02. The number of hydrogen-bond acceptors (Lipinski definition) is 4. The van der Waals surface area contributed by atoms with Gasteiger partial charge in [-0.15, -0.1) is 0 Å². The van der Waals surface area contributed by atoms with Crippen LogP contribution >= 0.6 is 0 Å². The van der Waals surface area contributed by atoms with E-state index in [9.17, 15) is 13.2 Å². The number of benzene rings is 1. The first-order chi connectivity index (χ1) is 8.89. The molecule has 1 amide bonds. The van der Waals surface area contributed by atoms with Gasteiger partial charge >= 0.3 is 0 Å². The Kier molecular flexibility index (Phi) is 3.36. The third kappa shape index (κ3) is 2.80. The van der Waals surface area contributed by atoms with Crippen molar-refractivity contribution in [2.45, 2.75) is 11.7 Å².